The second-order valence-corrected chi connectivity index (χ2v) is 4.82. The number of ether oxygens (including phenoxy) is 1. The van der Waals surface area contributed by atoms with Crippen LogP contribution >= 0.6 is 0 Å². The number of hydrogen-bond acceptors (Lipinski definition) is 2. The molecule has 2 rings (SSSR count). The van der Waals surface area contributed by atoms with Gasteiger partial charge in [-0.3, -0.25) is 0 Å². The Hall–Kier alpha value is -1.51. The number of carbonyl (C=O) groups excluding carboxylic acids is 1. The summed E-state index contributed by atoms with van der Waals surface area (Å²) in [6.45, 7) is 3.52. The molecule has 98 valence electrons. The Morgan fingerprint density at radius 1 is 1.28 bits per heavy atom. The van der Waals surface area contributed by atoms with E-state index in [0.717, 1.165) is 19.4 Å². The second kappa shape index (κ2) is 6.43. The highest BCUT2D eigenvalue weighted by molar-refractivity contribution is 5.70. The Kier molecular flexibility index (Phi) is 4.62. The molecule has 1 aliphatic rings. The molecule has 1 fully saturated rings. The summed E-state index contributed by atoms with van der Waals surface area (Å²) in [7, 11) is 0. The number of amides is 1. The van der Waals surface area contributed by atoms with Gasteiger partial charge < -0.3 is 9.64 Å². The third-order valence-electron chi connectivity index (χ3n) is 3.39. The highest BCUT2D eigenvalue weighted by Crippen LogP contribution is 2.18. The van der Waals surface area contributed by atoms with Gasteiger partial charge in [-0.2, -0.15) is 0 Å². The molecule has 18 heavy (non-hydrogen) atoms. The van der Waals surface area contributed by atoms with E-state index in [4.69, 9.17) is 4.74 Å². The maximum atomic E-state index is 11.7. The first-order valence-electron chi connectivity index (χ1n) is 6.78. The summed E-state index contributed by atoms with van der Waals surface area (Å²) in [6.07, 6.45) is 4.15. The van der Waals surface area contributed by atoms with Crippen LogP contribution < -0.4 is 0 Å². The molecular weight excluding hydrogens is 226 g/mol. The molecule has 0 radical (unpaired) electrons. The average molecular weight is 247 g/mol. The molecule has 0 aromatic heterocycles. The van der Waals surface area contributed by atoms with Crippen LogP contribution in [0, 0.1) is 0 Å². The zero-order valence-corrected chi connectivity index (χ0v) is 11.0. The monoisotopic (exact) mass is 247 g/mol. The summed E-state index contributed by atoms with van der Waals surface area (Å²) in [5, 5.41) is 0. The van der Waals surface area contributed by atoms with Crippen LogP contribution in [0.15, 0.2) is 30.3 Å². The number of benzene rings is 1. The Bertz CT molecular complexity index is 377. The number of cyclic esters (lactones) is 1. The molecule has 1 unspecified atom stereocenters. The smallest absolute Gasteiger partial charge is 0.410 e. The summed E-state index contributed by atoms with van der Waals surface area (Å²) < 4.78 is 5.17. The molecule has 1 saturated heterocycles. The Labute approximate surface area is 109 Å². The van der Waals surface area contributed by atoms with Gasteiger partial charge in [0.1, 0.15) is 6.61 Å². The molecule has 0 saturated carbocycles. The zero-order valence-electron chi connectivity index (χ0n) is 11.0. The van der Waals surface area contributed by atoms with Gasteiger partial charge in [0.25, 0.3) is 0 Å². The molecule has 1 atom stereocenters. The number of hydrogen-bond donors (Lipinski definition) is 0. The number of carbonyl (C=O) groups is 1. The second-order valence-electron chi connectivity index (χ2n) is 4.82. The van der Waals surface area contributed by atoms with Crippen LogP contribution in [0.1, 0.15) is 31.7 Å². The van der Waals surface area contributed by atoms with Crippen molar-refractivity contribution in [3.05, 3.63) is 35.9 Å². The fraction of sp³-hybridized carbons (Fsp3) is 0.533. The summed E-state index contributed by atoms with van der Waals surface area (Å²) >= 11 is 0. The van der Waals surface area contributed by atoms with Crippen molar-refractivity contribution in [2.24, 2.45) is 0 Å². The van der Waals surface area contributed by atoms with Crippen molar-refractivity contribution in [2.75, 3.05) is 13.2 Å². The van der Waals surface area contributed by atoms with Crippen molar-refractivity contribution in [3.8, 4) is 0 Å². The summed E-state index contributed by atoms with van der Waals surface area (Å²) in [6, 6.07) is 10.5. The molecule has 0 spiro atoms. The predicted octanol–water partition coefficient (Wildman–Crippen LogP) is 3.24. The molecule has 1 aromatic carbocycles. The van der Waals surface area contributed by atoms with Crippen molar-refractivity contribution in [1.29, 1.82) is 0 Å². The lowest BCUT2D eigenvalue weighted by Gasteiger charge is -2.21. The third kappa shape index (κ3) is 3.25. The molecule has 0 N–H and O–H groups in total. The quantitative estimate of drug-likeness (QED) is 0.722. The maximum Gasteiger partial charge on any atom is 0.410 e. The van der Waals surface area contributed by atoms with Gasteiger partial charge in [0.2, 0.25) is 0 Å². The normalized spacial score (nSPS) is 19.1. The lowest BCUT2D eigenvalue weighted by molar-refractivity contribution is 0.157. The van der Waals surface area contributed by atoms with E-state index in [1.54, 1.807) is 0 Å². The van der Waals surface area contributed by atoms with E-state index in [0.29, 0.717) is 6.61 Å². The summed E-state index contributed by atoms with van der Waals surface area (Å²) in [4.78, 5) is 13.6. The number of nitrogens with zero attached hydrogens (tertiary/aromatic N) is 1. The van der Waals surface area contributed by atoms with E-state index in [-0.39, 0.29) is 12.1 Å². The molecule has 1 heterocycles. The van der Waals surface area contributed by atoms with Gasteiger partial charge in [0.05, 0.1) is 6.04 Å². The number of rotatable bonds is 6. The molecule has 1 amide bonds. The molecule has 0 aliphatic carbocycles. The molecule has 3 nitrogen and oxygen atoms in total. The van der Waals surface area contributed by atoms with Gasteiger partial charge in [-0.1, -0.05) is 50.1 Å². The van der Waals surface area contributed by atoms with Gasteiger partial charge in [0, 0.05) is 6.54 Å². The van der Waals surface area contributed by atoms with Crippen molar-refractivity contribution >= 4 is 6.09 Å². The fourth-order valence-electron chi connectivity index (χ4n) is 2.35. The first-order valence-corrected chi connectivity index (χ1v) is 6.78. The van der Waals surface area contributed by atoms with Crippen molar-refractivity contribution < 1.29 is 9.53 Å². The van der Waals surface area contributed by atoms with Crippen LogP contribution in [-0.2, 0) is 11.2 Å². The summed E-state index contributed by atoms with van der Waals surface area (Å²) in [5.41, 5.74) is 1.27. The van der Waals surface area contributed by atoms with Gasteiger partial charge in [-0.25, -0.2) is 4.79 Å². The van der Waals surface area contributed by atoms with Gasteiger partial charge in [-0.05, 0) is 18.4 Å². The minimum Gasteiger partial charge on any atom is -0.447 e. The maximum absolute atomic E-state index is 11.7. The highest BCUT2D eigenvalue weighted by Gasteiger charge is 2.32. The van der Waals surface area contributed by atoms with E-state index in [1.807, 2.05) is 23.1 Å². The Morgan fingerprint density at radius 3 is 2.78 bits per heavy atom. The molecule has 0 bridgehead atoms. The van der Waals surface area contributed by atoms with Crippen molar-refractivity contribution in [1.82, 2.24) is 4.90 Å². The lowest BCUT2D eigenvalue weighted by atomic mass is 10.1. The van der Waals surface area contributed by atoms with Crippen LogP contribution in [0.25, 0.3) is 0 Å². The molecule has 1 aliphatic heterocycles. The Morgan fingerprint density at radius 2 is 2.06 bits per heavy atom. The third-order valence-corrected chi connectivity index (χ3v) is 3.39. The van der Waals surface area contributed by atoms with Crippen LogP contribution in [-0.4, -0.2) is 30.2 Å². The van der Waals surface area contributed by atoms with E-state index in [2.05, 4.69) is 19.1 Å². The van der Waals surface area contributed by atoms with E-state index in [9.17, 15) is 4.79 Å². The van der Waals surface area contributed by atoms with Crippen molar-refractivity contribution in [3.63, 3.8) is 0 Å². The van der Waals surface area contributed by atoms with Gasteiger partial charge in [-0.15, -0.1) is 0 Å². The van der Waals surface area contributed by atoms with Crippen LogP contribution in [0.5, 0.6) is 0 Å². The minimum atomic E-state index is -0.146. The predicted molar refractivity (Wildman–Crippen MR) is 71.5 cm³/mol. The van der Waals surface area contributed by atoms with Crippen LogP contribution in [0.4, 0.5) is 4.79 Å². The molecular formula is C15H21NO2. The van der Waals surface area contributed by atoms with Crippen molar-refractivity contribution in [2.45, 2.75) is 38.6 Å². The van der Waals surface area contributed by atoms with Gasteiger partial charge in [0.15, 0.2) is 0 Å². The van der Waals surface area contributed by atoms with Gasteiger partial charge >= 0.3 is 6.09 Å². The topological polar surface area (TPSA) is 29.5 Å². The highest BCUT2D eigenvalue weighted by atomic mass is 16.6. The fourth-order valence-corrected chi connectivity index (χ4v) is 2.35. The first-order chi connectivity index (χ1) is 8.81. The SMILES string of the molecule is CCCCCN1C(=O)OCC1Cc1ccccc1. The van der Waals surface area contributed by atoms with Crippen LogP contribution in [0.3, 0.4) is 0 Å². The summed E-state index contributed by atoms with van der Waals surface area (Å²) in [5.74, 6) is 0. The Balaban J connectivity index is 1.92. The zero-order chi connectivity index (χ0) is 12.8. The molecule has 3 heteroatoms. The molecule has 1 aromatic rings. The standard InChI is InChI=1S/C15H21NO2/c1-2-3-7-10-16-14(12-18-15(16)17)11-13-8-5-4-6-9-13/h4-6,8-9,14H,2-3,7,10-12H2,1H3. The lowest BCUT2D eigenvalue weighted by Crippen LogP contribution is -2.35. The van der Waals surface area contributed by atoms with E-state index >= 15 is 0 Å². The van der Waals surface area contributed by atoms with E-state index in [1.165, 1.54) is 18.4 Å². The average Bonchev–Trinajstić information content (AvgIpc) is 2.73. The van der Waals surface area contributed by atoms with Crippen LogP contribution in [0.2, 0.25) is 0 Å². The largest absolute Gasteiger partial charge is 0.447 e. The first kappa shape index (κ1) is 12.9. The number of unbranched alkanes of at least 4 members (excludes halogenated alkanes) is 2. The van der Waals surface area contributed by atoms with E-state index < -0.39 is 0 Å². The minimum absolute atomic E-state index is 0.146.